The highest BCUT2D eigenvalue weighted by molar-refractivity contribution is 6.33. The molecule has 0 fully saturated rings. The molecule has 110 valence electrons. The molecule has 0 aliphatic heterocycles. The van der Waals surface area contributed by atoms with Crippen molar-refractivity contribution in [2.75, 3.05) is 0 Å². The topological polar surface area (TPSA) is 12.4 Å². The molecule has 0 amide bonds. The first-order valence-corrected chi connectivity index (χ1v) is 7.84. The number of aliphatic imine (C=N–C) groups is 1. The van der Waals surface area contributed by atoms with Gasteiger partial charge in [-0.25, -0.2) is 0 Å². The Bertz CT molecular complexity index is 662. The van der Waals surface area contributed by atoms with Crippen molar-refractivity contribution in [1.82, 2.24) is 0 Å². The highest BCUT2D eigenvalue weighted by atomic mass is 35.5. The molecule has 1 nitrogen and oxygen atoms in total. The van der Waals surface area contributed by atoms with Crippen molar-refractivity contribution in [3.05, 3.63) is 68.7 Å². The highest BCUT2D eigenvalue weighted by Crippen LogP contribution is 2.26. The van der Waals surface area contributed by atoms with Crippen LogP contribution in [0.1, 0.15) is 42.1 Å². The van der Waals surface area contributed by atoms with E-state index in [0.717, 1.165) is 33.2 Å². The van der Waals surface area contributed by atoms with Crippen LogP contribution in [0.25, 0.3) is 0 Å². The molecular weight excluding hydrogens is 301 g/mol. The summed E-state index contributed by atoms with van der Waals surface area (Å²) in [7, 11) is 0. The van der Waals surface area contributed by atoms with E-state index in [1.165, 1.54) is 5.56 Å². The lowest BCUT2D eigenvalue weighted by Crippen LogP contribution is -1.94. The van der Waals surface area contributed by atoms with Crippen molar-refractivity contribution >= 4 is 29.4 Å². The van der Waals surface area contributed by atoms with Crippen molar-refractivity contribution in [3.8, 4) is 0 Å². The van der Waals surface area contributed by atoms with E-state index in [1.54, 1.807) is 0 Å². The van der Waals surface area contributed by atoms with Crippen LogP contribution in [0.15, 0.2) is 41.4 Å². The van der Waals surface area contributed by atoms with E-state index < -0.39 is 0 Å². The summed E-state index contributed by atoms with van der Waals surface area (Å²) in [6, 6.07) is 12.1. The molecule has 2 rings (SSSR count). The van der Waals surface area contributed by atoms with E-state index in [1.807, 2.05) is 44.3 Å². The van der Waals surface area contributed by atoms with Crippen LogP contribution < -0.4 is 0 Å². The SMILES string of the molecule is CCc1ccc(C=NC(C)c2ccc(C)cc2Cl)c(Cl)c1. The van der Waals surface area contributed by atoms with Crippen LogP contribution in [0.3, 0.4) is 0 Å². The van der Waals surface area contributed by atoms with E-state index in [-0.39, 0.29) is 6.04 Å². The minimum absolute atomic E-state index is 0.0000170. The van der Waals surface area contributed by atoms with Gasteiger partial charge in [0.15, 0.2) is 0 Å². The Balaban J connectivity index is 2.20. The number of benzene rings is 2. The lowest BCUT2D eigenvalue weighted by molar-refractivity contribution is 0.825. The summed E-state index contributed by atoms with van der Waals surface area (Å²) < 4.78 is 0. The molecule has 0 spiro atoms. The molecule has 0 N–H and O–H groups in total. The molecule has 1 atom stereocenters. The van der Waals surface area contributed by atoms with E-state index >= 15 is 0 Å². The highest BCUT2D eigenvalue weighted by Gasteiger charge is 2.08. The van der Waals surface area contributed by atoms with Crippen molar-refractivity contribution in [1.29, 1.82) is 0 Å². The zero-order chi connectivity index (χ0) is 15.4. The zero-order valence-electron chi connectivity index (χ0n) is 12.5. The Hall–Kier alpha value is -1.31. The van der Waals surface area contributed by atoms with Gasteiger partial charge in [0.1, 0.15) is 0 Å². The fraction of sp³-hybridized carbons (Fsp3) is 0.278. The predicted molar refractivity (Wildman–Crippen MR) is 93.0 cm³/mol. The number of hydrogen-bond acceptors (Lipinski definition) is 1. The van der Waals surface area contributed by atoms with Crippen molar-refractivity contribution in [3.63, 3.8) is 0 Å². The van der Waals surface area contributed by atoms with E-state index in [0.29, 0.717) is 0 Å². The summed E-state index contributed by atoms with van der Waals surface area (Å²) in [5.41, 5.74) is 4.34. The first kappa shape index (κ1) is 16.1. The molecule has 0 heterocycles. The van der Waals surface area contributed by atoms with Gasteiger partial charge in [-0.1, -0.05) is 54.4 Å². The molecule has 0 saturated heterocycles. The second-order valence-electron chi connectivity index (χ2n) is 5.19. The minimum Gasteiger partial charge on any atom is -0.285 e. The molecule has 21 heavy (non-hydrogen) atoms. The lowest BCUT2D eigenvalue weighted by Gasteiger charge is -2.10. The molecule has 0 aliphatic rings. The Morgan fingerprint density at radius 1 is 1.10 bits per heavy atom. The van der Waals surface area contributed by atoms with Gasteiger partial charge in [-0.3, -0.25) is 4.99 Å². The number of rotatable bonds is 4. The Labute approximate surface area is 136 Å². The van der Waals surface area contributed by atoms with Crippen molar-refractivity contribution < 1.29 is 0 Å². The van der Waals surface area contributed by atoms with Gasteiger partial charge in [0.05, 0.1) is 6.04 Å². The predicted octanol–water partition coefficient (Wildman–Crippen LogP) is 6.04. The van der Waals surface area contributed by atoms with Crippen LogP contribution in [0.5, 0.6) is 0 Å². The fourth-order valence-corrected chi connectivity index (χ4v) is 2.78. The third kappa shape index (κ3) is 4.09. The summed E-state index contributed by atoms with van der Waals surface area (Å²) >= 11 is 12.5. The molecule has 1 unspecified atom stereocenters. The quantitative estimate of drug-likeness (QED) is 0.609. The van der Waals surface area contributed by atoms with Crippen LogP contribution >= 0.6 is 23.2 Å². The molecule has 2 aromatic carbocycles. The summed E-state index contributed by atoms with van der Waals surface area (Å²) in [4.78, 5) is 4.58. The Morgan fingerprint density at radius 3 is 2.48 bits per heavy atom. The summed E-state index contributed by atoms with van der Waals surface area (Å²) in [5, 5.41) is 1.49. The summed E-state index contributed by atoms with van der Waals surface area (Å²) in [6.45, 7) is 6.17. The van der Waals surface area contributed by atoms with Gasteiger partial charge in [0.25, 0.3) is 0 Å². The second kappa shape index (κ2) is 7.11. The van der Waals surface area contributed by atoms with Gasteiger partial charge in [0.2, 0.25) is 0 Å². The molecule has 0 radical (unpaired) electrons. The number of hydrogen-bond donors (Lipinski definition) is 0. The smallest absolute Gasteiger partial charge is 0.0735 e. The van der Waals surface area contributed by atoms with Gasteiger partial charge < -0.3 is 0 Å². The molecule has 0 saturated carbocycles. The molecule has 0 bridgehead atoms. The van der Waals surface area contributed by atoms with Crippen LogP contribution in [0.2, 0.25) is 10.0 Å². The minimum atomic E-state index is 0.0000170. The molecular formula is C18H19Cl2N. The van der Waals surface area contributed by atoms with Crippen LogP contribution in [0.4, 0.5) is 0 Å². The standard InChI is InChI=1S/C18H19Cl2N/c1-4-14-6-7-15(17(19)10-14)11-21-13(3)16-8-5-12(2)9-18(16)20/h5-11,13H,4H2,1-3H3. The van der Waals surface area contributed by atoms with Gasteiger partial charge in [-0.2, -0.15) is 0 Å². The van der Waals surface area contributed by atoms with Crippen molar-refractivity contribution in [2.24, 2.45) is 4.99 Å². The normalized spacial score (nSPS) is 12.8. The van der Waals surface area contributed by atoms with E-state index in [2.05, 4.69) is 24.0 Å². The maximum atomic E-state index is 6.28. The Kier molecular flexibility index (Phi) is 5.44. The molecule has 0 aliphatic carbocycles. The third-order valence-corrected chi connectivity index (χ3v) is 4.17. The van der Waals surface area contributed by atoms with Gasteiger partial charge in [-0.15, -0.1) is 0 Å². The number of nitrogens with zero attached hydrogens (tertiary/aromatic N) is 1. The van der Waals surface area contributed by atoms with Gasteiger partial charge in [0, 0.05) is 21.8 Å². The second-order valence-corrected chi connectivity index (χ2v) is 6.00. The molecule has 2 aromatic rings. The number of halogens is 2. The molecule has 0 aromatic heterocycles. The maximum absolute atomic E-state index is 6.28. The number of aryl methyl sites for hydroxylation is 2. The first-order chi connectivity index (χ1) is 10.0. The lowest BCUT2D eigenvalue weighted by atomic mass is 10.1. The Morgan fingerprint density at radius 2 is 1.86 bits per heavy atom. The summed E-state index contributed by atoms with van der Waals surface area (Å²) in [6.07, 6.45) is 2.80. The third-order valence-electron chi connectivity index (χ3n) is 3.52. The monoisotopic (exact) mass is 319 g/mol. The fourth-order valence-electron chi connectivity index (χ4n) is 2.14. The van der Waals surface area contributed by atoms with Crippen LogP contribution in [-0.2, 0) is 6.42 Å². The van der Waals surface area contributed by atoms with E-state index in [4.69, 9.17) is 23.2 Å². The van der Waals surface area contributed by atoms with Crippen LogP contribution in [0, 0.1) is 6.92 Å². The first-order valence-electron chi connectivity index (χ1n) is 7.09. The van der Waals surface area contributed by atoms with Crippen molar-refractivity contribution in [2.45, 2.75) is 33.2 Å². The van der Waals surface area contributed by atoms with Crippen LogP contribution in [-0.4, -0.2) is 6.21 Å². The largest absolute Gasteiger partial charge is 0.285 e. The maximum Gasteiger partial charge on any atom is 0.0735 e. The molecule has 3 heteroatoms. The average molecular weight is 320 g/mol. The average Bonchev–Trinajstić information content (AvgIpc) is 2.45. The van der Waals surface area contributed by atoms with E-state index in [9.17, 15) is 0 Å². The van der Waals surface area contributed by atoms with Gasteiger partial charge in [-0.05, 0) is 49.1 Å². The zero-order valence-corrected chi connectivity index (χ0v) is 14.0. The van der Waals surface area contributed by atoms with Gasteiger partial charge >= 0.3 is 0 Å². The summed E-state index contributed by atoms with van der Waals surface area (Å²) in [5.74, 6) is 0.